The summed E-state index contributed by atoms with van der Waals surface area (Å²) in [6, 6.07) is 7.73. The van der Waals surface area contributed by atoms with Crippen molar-refractivity contribution in [3.05, 3.63) is 42.2 Å². The summed E-state index contributed by atoms with van der Waals surface area (Å²) < 4.78 is 33.2. The Hall–Kier alpha value is -1.70. The van der Waals surface area contributed by atoms with Crippen LogP contribution in [-0.4, -0.2) is 37.2 Å². The number of nitrogens with one attached hydrogen (secondary N) is 1. The first kappa shape index (κ1) is 16.7. The third kappa shape index (κ3) is 4.66. The summed E-state index contributed by atoms with van der Waals surface area (Å²) in [4.78, 5) is 0. The van der Waals surface area contributed by atoms with E-state index in [0.29, 0.717) is 0 Å². The first-order valence-electron chi connectivity index (χ1n) is 6.98. The van der Waals surface area contributed by atoms with E-state index in [9.17, 15) is 8.42 Å². The van der Waals surface area contributed by atoms with Crippen LogP contribution in [0.2, 0.25) is 0 Å². The Bertz CT molecular complexity index is 725. The van der Waals surface area contributed by atoms with E-state index in [-0.39, 0.29) is 18.4 Å². The summed E-state index contributed by atoms with van der Waals surface area (Å²) >= 11 is 0. The van der Waals surface area contributed by atoms with Crippen LogP contribution in [0.1, 0.15) is 12.5 Å². The van der Waals surface area contributed by atoms with Gasteiger partial charge in [0.2, 0.25) is 10.0 Å². The lowest BCUT2D eigenvalue weighted by molar-refractivity contribution is 0.136. The molecule has 0 radical (unpaired) electrons. The number of aryl methyl sites for hydroxylation is 1. The van der Waals surface area contributed by atoms with E-state index in [4.69, 9.17) is 4.74 Å². The maximum Gasteiger partial charge on any atom is 0.214 e. The van der Waals surface area contributed by atoms with Gasteiger partial charge >= 0.3 is 0 Å². The molecule has 7 heteroatoms. The third-order valence-electron chi connectivity index (χ3n) is 3.32. The second-order valence-electron chi connectivity index (χ2n) is 5.25. The Labute approximate surface area is 131 Å². The van der Waals surface area contributed by atoms with Crippen molar-refractivity contribution in [3.63, 3.8) is 0 Å². The molecule has 120 valence electrons. The highest BCUT2D eigenvalue weighted by atomic mass is 32.2. The topological polar surface area (TPSA) is 73.2 Å². The third-order valence-corrected chi connectivity index (χ3v) is 4.81. The van der Waals surface area contributed by atoms with Crippen LogP contribution in [0.25, 0.3) is 11.1 Å². The largest absolute Gasteiger partial charge is 0.381 e. The predicted octanol–water partition coefficient (Wildman–Crippen LogP) is 1.54. The molecule has 1 atom stereocenters. The summed E-state index contributed by atoms with van der Waals surface area (Å²) in [6.07, 6.45) is 3.37. The van der Waals surface area contributed by atoms with Gasteiger partial charge in [0.25, 0.3) is 0 Å². The number of methoxy groups -OCH3 is 1. The number of rotatable bonds is 7. The van der Waals surface area contributed by atoms with Crippen LogP contribution in [0.15, 0.2) is 36.7 Å². The molecule has 0 fully saturated rings. The minimum Gasteiger partial charge on any atom is -0.381 e. The Morgan fingerprint density at radius 1 is 1.36 bits per heavy atom. The summed E-state index contributed by atoms with van der Waals surface area (Å²) in [7, 11) is 0.00120. The molecule has 1 aromatic heterocycles. The monoisotopic (exact) mass is 323 g/mol. The molecule has 2 rings (SSSR count). The van der Waals surface area contributed by atoms with Crippen molar-refractivity contribution < 1.29 is 13.2 Å². The van der Waals surface area contributed by atoms with Gasteiger partial charge in [-0.1, -0.05) is 18.2 Å². The fraction of sp³-hybridized carbons (Fsp3) is 0.400. The van der Waals surface area contributed by atoms with Gasteiger partial charge in [0.05, 0.1) is 18.1 Å². The van der Waals surface area contributed by atoms with Crippen LogP contribution in [0.3, 0.4) is 0 Å². The van der Waals surface area contributed by atoms with Crippen molar-refractivity contribution >= 4 is 10.0 Å². The van der Waals surface area contributed by atoms with Crippen LogP contribution < -0.4 is 4.72 Å². The predicted molar refractivity (Wildman–Crippen MR) is 85.7 cm³/mol. The van der Waals surface area contributed by atoms with E-state index in [1.54, 1.807) is 17.8 Å². The van der Waals surface area contributed by atoms with E-state index >= 15 is 0 Å². The van der Waals surface area contributed by atoms with Crippen molar-refractivity contribution in [1.82, 2.24) is 14.5 Å². The molecule has 2 aromatic rings. The highest BCUT2D eigenvalue weighted by Crippen LogP contribution is 2.19. The minimum absolute atomic E-state index is 0.0498. The molecular weight excluding hydrogens is 302 g/mol. The number of hydrogen-bond donors (Lipinski definition) is 1. The lowest BCUT2D eigenvalue weighted by Crippen LogP contribution is -2.31. The average molecular weight is 323 g/mol. The van der Waals surface area contributed by atoms with Crippen molar-refractivity contribution in [1.29, 1.82) is 0 Å². The normalized spacial score (nSPS) is 13.2. The van der Waals surface area contributed by atoms with Crippen LogP contribution in [0.5, 0.6) is 0 Å². The molecule has 0 saturated carbocycles. The van der Waals surface area contributed by atoms with Gasteiger partial charge in [0.1, 0.15) is 0 Å². The zero-order chi connectivity index (χ0) is 16.2. The van der Waals surface area contributed by atoms with Gasteiger partial charge < -0.3 is 4.74 Å². The highest BCUT2D eigenvalue weighted by molar-refractivity contribution is 7.89. The molecule has 0 saturated heterocycles. The van der Waals surface area contributed by atoms with E-state index in [2.05, 4.69) is 9.82 Å². The van der Waals surface area contributed by atoms with Crippen LogP contribution in [0, 0.1) is 0 Å². The molecule has 1 heterocycles. The van der Waals surface area contributed by atoms with Crippen molar-refractivity contribution in [2.45, 2.75) is 19.6 Å². The van der Waals surface area contributed by atoms with Gasteiger partial charge in [-0.15, -0.1) is 0 Å². The first-order valence-corrected chi connectivity index (χ1v) is 8.63. The quantitative estimate of drug-likeness (QED) is 0.839. The Kier molecular flexibility index (Phi) is 5.33. The van der Waals surface area contributed by atoms with Crippen molar-refractivity contribution in [3.8, 4) is 11.1 Å². The standard InChI is InChI=1S/C15H21N3O3S/c1-12(21-3)11-22(19,20)17-8-13-5-4-6-14(7-13)15-9-16-18(2)10-15/h4-7,9-10,12,17H,8,11H2,1-3H3. The number of aromatic nitrogens is 2. The molecule has 0 spiro atoms. The van der Waals surface area contributed by atoms with E-state index in [1.807, 2.05) is 37.5 Å². The second-order valence-corrected chi connectivity index (χ2v) is 7.10. The lowest BCUT2D eigenvalue weighted by atomic mass is 10.1. The Morgan fingerprint density at radius 2 is 2.14 bits per heavy atom. The van der Waals surface area contributed by atoms with Crippen molar-refractivity contribution in [2.75, 3.05) is 12.9 Å². The fourth-order valence-electron chi connectivity index (χ4n) is 2.06. The molecule has 1 aromatic carbocycles. The summed E-state index contributed by atoms with van der Waals surface area (Å²) in [5.74, 6) is -0.0498. The highest BCUT2D eigenvalue weighted by Gasteiger charge is 2.15. The molecule has 1 unspecified atom stereocenters. The maximum atomic E-state index is 11.9. The summed E-state index contributed by atoms with van der Waals surface area (Å²) in [5, 5.41) is 4.14. The summed E-state index contributed by atoms with van der Waals surface area (Å²) in [6.45, 7) is 1.98. The number of ether oxygens (including phenoxy) is 1. The van der Waals surface area contributed by atoms with Crippen LogP contribution >= 0.6 is 0 Å². The second kappa shape index (κ2) is 7.04. The minimum atomic E-state index is -3.36. The molecule has 0 amide bonds. The fourth-order valence-corrected chi connectivity index (χ4v) is 3.32. The van der Waals surface area contributed by atoms with Crippen LogP contribution in [-0.2, 0) is 28.4 Å². The molecular formula is C15H21N3O3S. The average Bonchev–Trinajstić information content (AvgIpc) is 2.92. The lowest BCUT2D eigenvalue weighted by Gasteiger charge is -2.11. The molecule has 1 N–H and O–H groups in total. The molecule has 6 nitrogen and oxygen atoms in total. The maximum absolute atomic E-state index is 11.9. The Morgan fingerprint density at radius 3 is 2.77 bits per heavy atom. The number of sulfonamides is 1. The molecule has 0 aliphatic rings. The van der Waals surface area contributed by atoms with Crippen molar-refractivity contribution in [2.24, 2.45) is 7.05 Å². The van der Waals surface area contributed by atoms with Gasteiger partial charge in [-0.25, -0.2) is 13.1 Å². The van der Waals surface area contributed by atoms with E-state index in [1.165, 1.54) is 7.11 Å². The number of nitrogens with zero attached hydrogens (tertiary/aromatic N) is 2. The van der Waals surface area contributed by atoms with E-state index in [0.717, 1.165) is 16.7 Å². The van der Waals surface area contributed by atoms with E-state index < -0.39 is 10.0 Å². The van der Waals surface area contributed by atoms with Gasteiger partial charge in [0, 0.05) is 32.5 Å². The number of hydrogen-bond acceptors (Lipinski definition) is 4. The zero-order valence-electron chi connectivity index (χ0n) is 13.0. The first-order chi connectivity index (χ1) is 10.4. The van der Waals surface area contributed by atoms with Gasteiger partial charge in [-0.3, -0.25) is 4.68 Å². The number of benzene rings is 1. The van der Waals surface area contributed by atoms with Gasteiger partial charge in [0.15, 0.2) is 0 Å². The SMILES string of the molecule is COC(C)CS(=O)(=O)NCc1cccc(-c2cnn(C)c2)c1. The zero-order valence-corrected chi connectivity index (χ0v) is 13.8. The molecule has 22 heavy (non-hydrogen) atoms. The Balaban J connectivity index is 2.05. The van der Waals surface area contributed by atoms with Gasteiger partial charge in [-0.05, 0) is 24.1 Å². The van der Waals surface area contributed by atoms with Crippen LogP contribution in [0.4, 0.5) is 0 Å². The molecule has 0 aliphatic heterocycles. The van der Waals surface area contributed by atoms with Gasteiger partial charge in [-0.2, -0.15) is 5.10 Å². The summed E-state index contributed by atoms with van der Waals surface area (Å²) in [5.41, 5.74) is 2.91. The molecule has 0 bridgehead atoms. The molecule has 0 aliphatic carbocycles. The smallest absolute Gasteiger partial charge is 0.214 e.